The minimum atomic E-state index is -0.0519. The van der Waals surface area contributed by atoms with Crippen molar-refractivity contribution in [3.05, 3.63) is 70.3 Å². The number of halogens is 2. The SMILES string of the molecule is Fc1cccc2c1CCNC2.Fc1cccc2c1CCNC2. The van der Waals surface area contributed by atoms with Gasteiger partial charge in [-0.05, 0) is 60.3 Å². The summed E-state index contributed by atoms with van der Waals surface area (Å²) < 4.78 is 26.1. The van der Waals surface area contributed by atoms with Crippen LogP contribution in [0.5, 0.6) is 0 Å². The van der Waals surface area contributed by atoms with Crippen molar-refractivity contribution in [1.82, 2.24) is 10.6 Å². The molecule has 0 amide bonds. The van der Waals surface area contributed by atoms with Crippen LogP contribution < -0.4 is 10.6 Å². The van der Waals surface area contributed by atoms with E-state index >= 15 is 0 Å². The molecule has 0 bridgehead atoms. The first kappa shape index (κ1) is 15.1. The highest BCUT2D eigenvalue weighted by molar-refractivity contribution is 5.31. The molecule has 4 rings (SSSR count). The van der Waals surface area contributed by atoms with Crippen molar-refractivity contribution < 1.29 is 8.78 Å². The molecule has 0 radical (unpaired) electrons. The lowest BCUT2D eigenvalue weighted by molar-refractivity contribution is 0.569. The lowest BCUT2D eigenvalue weighted by atomic mass is 10.0. The van der Waals surface area contributed by atoms with Crippen molar-refractivity contribution in [2.75, 3.05) is 13.1 Å². The van der Waals surface area contributed by atoms with Gasteiger partial charge in [0.25, 0.3) is 0 Å². The fourth-order valence-corrected chi connectivity index (χ4v) is 2.97. The molecule has 2 aromatic rings. The van der Waals surface area contributed by atoms with Crippen LogP contribution >= 0.6 is 0 Å². The Bertz CT molecular complexity index is 598. The Morgan fingerprint density at radius 2 is 1.14 bits per heavy atom. The molecular formula is C18H20F2N2. The van der Waals surface area contributed by atoms with E-state index in [1.807, 2.05) is 12.1 Å². The molecule has 0 aromatic heterocycles. The highest BCUT2D eigenvalue weighted by Gasteiger charge is 2.12. The third-order valence-electron chi connectivity index (χ3n) is 4.17. The molecule has 0 atom stereocenters. The molecule has 116 valence electrons. The van der Waals surface area contributed by atoms with Crippen LogP contribution in [0.4, 0.5) is 8.78 Å². The fraction of sp³-hybridized carbons (Fsp3) is 0.333. The van der Waals surface area contributed by atoms with Gasteiger partial charge in [0.05, 0.1) is 0 Å². The van der Waals surface area contributed by atoms with Crippen LogP contribution in [0.3, 0.4) is 0 Å². The Hall–Kier alpha value is -1.78. The molecule has 0 unspecified atom stereocenters. The van der Waals surface area contributed by atoms with Gasteiger partial charge in [0, 0.05) is 13.1 Å². The monoisotopic (exact) mass is 302 g/mol. The van der Waals surface area contributed by atoms with E-state index in [1.165, 1.54) is 12.1 Å². The van der Waals surface area contributed by atoms with E-state index in [9.17, 15) is 8.78 Å². The average Bonchev–Trinajstić information content (AvgIpc) is 2.57. The quantitative estimate of drug-likeness (QED) is 0.782. The topological polar surface area (TPSA) is 24.1 Å². The van der Waals surface area contributed by atoms with Crippen LogP contribution in [0.25, 0.3) is 0 Å². The second-order valence-electron chi connectivity index (χ2n) is 5.61. The highest BCUT2D eigenvalue weighted by atomic mass is 19.1. The maximum atomic E-state index is 13.0. The number of hydrogen-bond donors (Lipinski definition) is 2. The predicted molar refractivity (Wildman–Crippen MR) is 83.6 cm³/mol. The standard InChI is InChI=1S/2C9H10FN/c2*10-9-3-1-2-7-6-11-5-4-8(7)9/h2*1-3,11H,4-6H2. The third kappa shape index (κ3) is 3.34. The first-order chi connectivity index (χ1) is 10.8. The highest BCUT2D eigenvalue weighted by Crippen LogP contribution is 2.17. The first-order valence-electron chi connectivity index (χ1n) is 7.69. The van der Waals surface area contributed by atoms with Crippen LogP contribution in [-0.2, 0) is 25.9 Å². The van der Waals surface area contributed by atoms with Gasteiger partial charge in [-0.2, -0.15) is 0 Å². The number of hydrogen-bond acceptors (Lipinski definition) is 2. The molecule has 22 heavy (non-hydrogen) atoms. The molecule has 2 heterocycles. The van der Waals surface area contributed by atoms with E-state index in [0.717, 1.165) is 61.3 Å². The molecule has 2 nitrogen and oxygen atoms in total. The van der Waals surface area contributed by atoms with Crippen molar-refractivity contribution >= 4 is 0 Å². The summed E-state index contributed by atoms with van der Waals surface area (Å²) in [5.74, 6) is -0.104. The van der Waals surface area contributed by atoms with Gasteiger partial charge in [-0.15, -0.1) is 0 Å². The molecule has 2 aliphatic heterocycles. The molecule has 0 spiro atoms. The van der Waals surface area contributed by atoms with E-state index < -0.39 is 0 Å². The summed E-state index contributed by atoms with van der Waals surface area (Å²) >= 11 is 0. The van der Waals surface area contributed by atoms with Gasteiger partial charge in [0.2, 0.25) is 0 Å². The predicted octanol–water partition coefficient (Wildman–Crippen LogP) is 2.94. The van der Waals surface area contributed by atoms with E-state index in [-0.39, 0.29) is 11.6 Å². The van der Waals surface area contributed by atoms with Crippen molar-refractivity contribution in [3.8, 4) is 0 Å². The summed E-state index contributed by atoms with van der Waals surface area (Å²) in [5, 5.41) is 6.40. The fourth-order valence-electron chi connectivity index (χ4n) is 2.97. The summed E-state index contributed by atoms with van der Waals surface area (Å²) in [5.41, 5.74) is 4.00. The van der Waals surface area contributed by atoms with E-state index in [4.69, 9.17) is 0 Å². The second-order valence-corrected chi connectivity index (χ2v) is 5.61. The molecule has 2 aliphatic rings. The Kier molecular flexibility index (Phi) is 4.80. The molecule has 0 saturated heterocycles. The van der Waals surface area contributed by atoms with E-state index in [2.05, 4.69) is 10.6 Å². The van der Waals surface area contributed by atoms with E-state index in [0.29, 0.717) is 0 Å². The average molecular weight is 302 g/mol. The van der Waals surface area contributed by atoms with Gasteiger partial charge in [0.15, 0.2) is 0 Å². The van der Waals surface area contributed by atoms with Gasteiger partial charge in [-0.25, -0.2) is 8.78 Å². The normalized spacial score (nSPS) is 16.1. The van der Waals surface area contributed by atoms with Crippen LogP contribution in [0.1, 0.15) is 22.3 Å². The van der Waals surface area contributed by atoms with Crippen molar-refractivity contribution in [1.29, 1.82) is 0 Å². The molecule has 0 fully saturated rings. The molecule has 0 saturated carbocycles. The molecule has 0 aliphatic carbocycles. The van der Waals surface area contributed by atoms with E-state index in [1.54, 1.807) is 12.1 Å². The van der Waals surface area contributed by atoms with Crippen LogP contribution in [-0.4, -0.2) is 13.1 Å². The van der Waals surface area contributed by atoms with Gasteiger partial charge < -0.3 is 10.6 Å². The second kappa shape index (κ2) is 6.99. The van der Waals surface area contributed by atoms with Crippen LogP contribution in [0.2, 0.25) is 0 Å². The summed E-state index contributed by atoms with van der Waals surface area (Å²) in [6.07, 6.45) is 1.64. The zero-order valence-electron chi connectivity index (χ0n) is 12.5. The van der Waals surface area contributed by atoms with Crippen molar-refractivity contribution in [3.63, 3.8) is 0 Å². The Labute approximate surface area is 129 Å². The first-order valence-corrected chi connectivity index (χ1v) is 7.69. The zero-order chi connectivity index (χ0) is 15.4. The van der Waals surface area contributed by atoms with Gasteiger partial charge >= 0.3 is 0 Å². The van der Waals surface area contributed by atoms with Crippen LogP contribution in [0, 0.1) is 11.6 Å². The molecule has 4 heteroatoms. The summed E-state index contributed by atoms with van der Waals surface area (Å²) in [6, 6.07) is 10.5. The van der Waals surface area contributed by atoms with Gasteiger partial charge in [-0.3, -0.25) is 0 Å². The largest absolute Gasteiger partial charge is 0.312 e. The summed E-state index contributed by atoms with van der Waals surface area (Å²) in [7, 11) is 0. The number of fused-ring (bicyclic) bond motifs is 2. The smallest absolute Gasteiger partial charge is 0.126 e. The zero-order valence-corrected chi connectivity index (χ0v) is 12.5. The lowest BCUT2D eigenvalue weighted by Crippen LogP contribution is -2.24. The summed E-state index contributed by atoms with van der Waals surface area (Å²) in [4.78, 5) is 0. The number of benzene rings is 2. The lowest BCUT2D eigenvalue weighted by Gasteiger charge is -2.16. The molecule has 2 aromatic carbocycles. The maximum absolute atomic E-state index is 13.0. The number of nitrogens with one attached hydrogen (secondary N) is 2. The molecular weight excluding hydrogens is 282 g/mol. The molecule has 2 N–H and O–H groups in total. The Morgan fingerprint density at radius 3 is 1.55 bits per heavy atom. The Morgan fingerprint density at radius 1 is 0.682 bits per heavy atom. The van der Waals surface area contributed by atoms with Gasteiger partial charge in [0.1, 0.15) is 11.6 Å². The maximum Gasteiger partial charge on any atom is 0.126 e. The van der Waals surface area contributed by atoms with Crippen LogP contribution in [0.15, 0.2) is 36.4 Å². The minimum absolute atomic E-state index is 0.0519. The summed E-state index contributed by atoms with van der Waals surface area (Å²) in [6.45, 7) is 3.42. The minimum Gasteiger partial charge on any atom is -0.312 e. The van der Waals surface area contributed by atoms with Gasteiger partial charge in [-0.1, -0.05) is 24.3 Å². The number of rotatable bonds is 0. The third-order valence-corrected chi connectivity index (χ3v) is 4.17. The van der Waals surface area contributed by atoms with Crippen molar-refractivity contribution in [2.45, 2.75) is 25.9 Å². The van der Waals surface area contributed by atoms with Crippen molar-refractivity contribution in [2.24, 2.45) is 0 Å². The Balaban J connectivity index is 0.000000131.